The second-order valence-electron chi connectivity index (χ2n) is 2.73. The molecule has 1 aromatic rings. The van der Waals surface area contributed by atoms with Crippen LogP contribution in [0, 0.1) is 0 Å². The van der Waals surface area contributed by atoms with E-state index >= 15 is 0 Å². The van der Waals surface area contributed by atoms with Gasteiger partial charge in [0, 0.05) is 10.6 Å². The van der Waals surface area contributed by atoms with Gasteiger partial charge in [-0.1, -0.05) is 17.7 Å². The second kappa shape index (κ2) is 4.16. The predicted octanol–water partition coefficient (Wildman–Crippen LogP) is 1.14. The number of benzene rings is 1. The Bertz CT molecular complexity index is 430. The van der Waals surface area contributed by atoms with E-state index in [1.165, 1.54) is 7.11 Å². The fraction of sp³-hybridized carbons (Fsp3) is 0.250. The molecule has 1 aromatic carbocycles. The summed E-state index contributed by atoms with van der Waals surface area (Å²) in [4.78, 5) is 0. The van der Waals surface area contributed by atoms with Crippen LogP contribution >= 0.6 is 11.6 Å². The molecule has 0 atom stereocenters. The minimum Gasteiger partial charge on any atom is -0.496 e. The third-order valence-corrected chi connectivity index (χ3v) is 2.69. The molecule has 0 bridgehead atoms. The van der Waals surface area contributed by atoms with Crippen LogP contribution in [0.1, 0.15) is 5.56 Å². The SMILES string of the molecule is COc1cccc(Cl)c1CS(N)(=O)=O. The zero-order valence-corrected chi connectivity index (χ0v) is 9.10. The molecule has 6 heteroatoms. The highest BCUT2D eigenvalue weighted by Gasteiger charge is 2.13. The Morgan fingerprint density at radius 3 is 2.64 bits per heavy atom. The topological polar surface area (TPSA) is 69.4 Å². The lowest BCUT2D eigenvalue weighted by atomic mass is 10.2. The Kier molecular flexibility index (Phi) is 3.36. The minimum atomic E-state index is -3.60. The molecule has 0 amide bonds. The van der Waals surface area contributed by atoms with E-state index in [-0.39, 0.29) is 5.75 Å². The standard InChI is InChI=1S/C8H10ClNO3S/c1-13-8-4-2-3-7(9)6(8)5-14(10,11)12/h2-4H,5H2,1H3,(H2,10,11,12). The molecule has 0 spiro atoms. The van der Waals surface area contributed by atoms with Crippen LogP contribution in [0.25, 0.3) is 0 Å². The van der Waals surface area contributed by atoms with Crippen molar-refractivity contribution in [1.29, 1.82) is 0 Å². The van der Waals surface area contributed by atoms with E-state index in [2.05, 4.69) is 0 Å². The zero-order chi connectivity index (χ0) is 10.8. The molecule has 14 heavy (non-hydrogen) atoms. The molecule has 0 aromatic heterocycles. The summed E-state index contributed by atoms with van der Waals surface area (Å²) in [5, 5.41) is 5.25. The van der Waals surface area contributed by atoms with Crippen molar-refractivity contribution in [1.82, 2.24) is 0 Å². The Hall–Kier alpha value is -0.780. The number of ether oxygens (including phenoxy) is 1. The molecule has 0 saturated heterocycles. The van der Waals surface area contributed by atoms with Crippen molar-refractivity contribution in [3.63, 3.8) is 0 Å². The predicted molar refractivity (Wildman–Crippen MR) is 54.8 cm³/mol. The van der Waals surface area contributed by atoms with Crippen molar-refractivity contribution < 1.29 is 13.2 Å². The molecule has 1 rings (SSSR count). The first-order valence-electron chi connectivity index (χ1n) is 3.76. The highest BCUT2D eigenvalue weighted by molar-refractivity contribution is 7.88. The van der Waals surface area contributed by atoms with Crippen LogP contribution in [-0.2, 0) is 15.8 Å². The number of rotatable bonds is 3. The van der Waals surface area contributed by atoms with E-state index in [4.69, 9.17) is 21.5 Å². The van der Waals surface area contributed by atoms with Crippen LogP contribution in [0.5, 0.6) is 5.75 Å². The van der Waals surface area contributed by atoms with Gasteiger partial charge in [0.15, 0.2) is 0 Å². The number of hydrogen-bond donors (Lipinski definition) is 1. The van der Waals surface area contributed by atoms with Gasteiger partial charge in [0.2, 0.25) is 10.0 Å². The summed E-state index contributed by atoms with van der Waals surface area (Å²) >= 11 is 5.81. The van der Waals surface area contributed by atoms with E-state index in [0.29, 0.717) is 16.3 Å². The quantitative estimate of drug-likeness (QED) is 0.854. The lowest BCUT2D eigenvalue weighted by Gasteiger charge is -2.08. The third kappa shape index (κ3) is 2.87. The van der Waals surface area contributed by atoms with Crippen molar-refractivity contribution >= 4 is 21.6 Å². The van der Waals surface area contributed by atoms with Crippen LogP contribution < -0.4 is 9.88 Å². The molecule has 0 unspecified atom stereocenters. The summed E-state index contributed by atoms with van der Waals surface area (Å²) in [7, 11) is -2.15. The fourth-order valence-corrected chi connectivity index (χ4v) is 2.08. The third-order valence-electron chi connectivity index (χ3n) is 1.64. The molecule has 0 aliphatic heterocycles. The van der Waals surface area contributed by atoms with Gasteiger partial charge in [-0.25, -0.2) is 13.6 Å². The van der Waals surface area contributed by atoms with E-state index in [9.17, 15) is 8.42 Å². The van der Waals surface area contributed by atoms with Crippen LogP contribution in [0.3, 0.4) is 0 Å². The molecular formula is C8H10ClNO3S. The zero-order valence-electron chi connectivity index (χ0n) is 7.53. The van der Waals surface area contributed by atoms with Gasteiger partial charge in [-0.15, -0.1) is 0 Å². The summed E-state index contributed by atoms with van der Waals surface area (Å²) in [6, 6.07) is 4.89. The molecule has 4 nitrogen and oxygen atoms in total. The average Bonchev–Trinajstić information content (AvgIpc) is 2.06. The highest BCUT2D eigenvalue weighted by atomic mass is 35.5. The van der Waals surface area contributed by atoms with Crippen LogP contribution in [0.2, 0.25) is 5.02 Å². The van der Waals surface area contributed by atoms with E-state index < -0.39 is 10.0 Å². The van der Waals surface area contributed by atoms with Crippen molar-refractivity contribution in [2.45, 2.75) is 5.75 Å². The van der Waals surface area contributed by atoms with Gasteiger partial charge in [0.1, 0.15) is 5.75 Å². The summed E-state index contributed by atoms with van der Waals surface area (Å²) < 4.78 is 26.7. The number of methoxy groups -OCH3 is 1. The maximum atomic E-state index is 10.9. The van der Waals surface area contributed by atoms with Crippen LogP contribution in [0.15, 0.2) is 18.2 Å². The Morgan fingerprint density at radius 1 is 1.50 bits per heavy atom. The molecule has 0 saturated carbocycles. The first-order chi connectivity index (χ1) is 6.44. The van der Waals surface area contributed by atoms with Crippen molar-refractivity contribution in [2.24, 2.45) is 5.14 Å². The smallest absolute Gasteiger partial charge is 0.213 e. The number of halogens is 1. The van der Waals surface area contributed by atoms with Gasteiger partial charge >= 0.3 is 0 Å². The van der Waals surface area contributed by atoms with Gasteiger partial charge in [-0.3, -0.25) is 0 Å². The fourth-order valence-electron chi connectivity index (χ4n) is 1.07. The molecule has 0 fully saturated rings. The average molecular weight is 236 g/mol. The van der Waals surface area contributed by atoms with Gasteiger partial charge < -0.3 is 4.74 Å². The molecule has 0 aliphatic rings. The Labute approximate surface area is 87.7 Å². The maximum absolute atomic E-state index is 10.9. The molecule has 78 valence electrons. The van der Waals surface area contributed by atoms with Gasteiger partial charge in [-0.2, -0.15) is 0 Å². The molecular weight excluding hydrogens is 226 g/mol. The molecule has 0 aliphatic carbocycles. The van der Waals surface area contributed by atoms with Crippen LogP contribution in [0.4, 0.5) is 0 Å². The number of nitrogens with two attached hydrogens (primary N) is 1. The Balaban J connectivity index is 3.18. The van der Waals surface area contributed by atoms with E-state index in [1.54, 1.807) is 18.2 Å². The summed E-state index contributed by atoms with van der Waals surface area (Å²) in [5.41, 5.74) is 0.388. The van der Waals surface area contributed by atoms with Gasteiger partial charge in [0.05, 0.1) is 12.9 Å². The molecule has 0 radical (unpaired) electrons. The van der Waals surface area contributed by atoms with E-state index in [0.717, 1.165) is 0 Å². The maximum Gasteiger partial charge on any atom is 0.213 e. The first kappa shape index (κ1) is 11.3. The monoisotopic (exact) mass is 235 g/mol. The van der Waals surface area contributed by atoms with Crippen LogP contribution in [-0.4, -0.2) is 15.5 Å². The van der Waals surface area contributed by atoms with Gasteiger partial charge in [-0.05, 0) is 12.1 Å². The van der Waals surface area contributed by atoms with Crippen molar-refractivity contribution in [3.05, 3.63) is 28.8 Å². The number of sulfonamides is 1. The van der Waals surface area contributed by atoms with Crippen molar-refractivity contribution in [3.8, 4) is 5.75 Å². The largest absolute Gasteiger partial charge is 0.496 e. The number of hydrogen-bond acceptors (Lipinski definition) is 3. The molecule has 0 heterocycles. The normalized spacial score (nSPS) is 11.4. The number of primary sulfonamides is 1. The first-order valence-corrected chi connectivity index (χ1v) is 5.85. The summed E-state index contributed by atoms with van der Waals surface area (Å²) in [5.74, 6) is 0.0991. The lowest BCUT2D eigenvalue weighted by Crippen LogP contribution is -2.15. The Morgan fingerprint density at radius 2 is 2.14 bits per heavy atom. The minimum absolute atomic E-state index is 0.324. The summed E-state index contributed by atoms with van der Waals surface area (Å²) in [6.45, 7) is 0. The highest BCUT2D eigenvalue weighted by Crippen LogP contribution is 2.27. The van der Waals surface area contributed by atoms with Gasteiger partial charge in [0.25, 0.3) is 0 Å². The second-order valence-corrected chi connectivity index (χ2v) is 4.75. The lowest BCUT2D eigenvalue weighted by molar-refractivity contribution is 0.411. The molecule has 2 N–H and O–H groups in total. The van der Waals surface area contributed by atoms with Crippen molar-refractivity contribution in [2.75, 3.05) is 7.11 Å². The van der Waals surface area contributed by atoms with E-state index in [1.807, 2.05) is 0 Å². The summed E-state index contributed by atoms with van der Waals surface area (Å²) in [6.07, 6.45) is 0.